The van der Waals surface area contributed by atoms with Gasteiger partial charge in [0, 0.05) is 19.3 Å². The predicted octanol–water partition coefficient (Wildman–Crippen LogP) is 0.695. The van der Waals surface area contributed by atoms with Gasteiger partial charge in [0.05, 0.1) is 0 Å². The number of carboxylic acid groups (broad SMARTS) is 1. The molecule has 0 spiro atoms. The van der Waals surface area contributed by atoms with Crippen LogP contribution in [0, 0.1) is 0 Å². The van der Waals surface area contributed by atoms with E-state index in [-0.39, 0.29) is 0 Å². The van der Waals surface area contributed by atoms with Gasteiger partial charge in [0.15, 0.2) is 0 Å². The van der Waals surface area contributed by atoms with Crippen LogP contribution in [0.5, 0.6) is 0 Å². The number of aromatic nitrogens is 2. The average molecular weight is 183 g/mol. The third-order valence-electron chi connectivity index (χ3n) is 1.74. The van der Waals surface area contributed by atoms with Crippen LogP contribution in [0.4, 0.5) is 5.82 Å². The van der Waals surface area contributed by atoms with Gasteiger partial charge in [-0.2, -0.15) is 5.10 Å². The van der Waals surface area contributed by atoms with Gasteiger partial charge >= 0.3 is 5.97 Å². The fourth-order valence-electron chi connectivity index (χ4n) is 1.01. The number of aliphatic carboxylic acids is 1. The molecule has 0 saturated carbocycles. The number of carboxylic acids is 1. The average Bonchev–Trinajstić information content (AvgIpc) is 2.46. The van der Waals surface area contributed by atoms with Crippen molar-refractivity contribution in [2.45, 2.75) is 19.4 Å². The maximum absolute atomic E-state index is 10.6. The summed E-state index contributed by atoms with van der Waals surface area (Å²) < 4.78 is 1.62. The van der Waals surface area contributed by atoms with Crippen molar-refractivity contribution >= 4 is 11.8 Å². The van der Waals surface area contributed by atoms with Crippen molar-refractivity contribution in [3.05, 3.63) is 12.3 Å². The zero-order chi connectivity index (χ0) is 9.84. The van der Waals surface area contributed by atoms with Crippen LogP contribution in [-0.4, -0.2) is 26.9 Å². The first-order chi connectivity index (χ1) is 6.13. The van der Waals surface area contributed by atoms with E-state index in [4.69, 9.17) is 5.11 Å². The molecular formula is C8H13N3O2. The molecule has 1 rings (SSSR count). The number of hydrogen-bond acceptors (Lipinski definition) is 3. The lowest BCUT2D eigenvalue weighted by atomic mass is 10.2. The zero-order valence-corrected chi connectivity index (χ0v) is 7.69. The summed E-state index contributed by atoms with van der Waals surface area (Å²) in [6, 6.07) is 1.18. The zero-order valence-electron chi connectivity index (χ0n) is 7.69. The molecule has 13 heavy (non-hydrogen) atoms. The standard InChI is InChI=1S/C8H13N3O2/c1-3-6(8(12)13)9-7-4-5-11(2)10-7/h4-6H,3H2,1-2H3,(H,9,10)(H,12,13). The minimum Gasteiger partial charge on any atom is -0.480 e. The van der Waals surface area contributed by atoms with Crippen molar-refractivity contribution in [1.29, 1.82) is 0 Å². The van der Waals surface area contributed by atoms with Gasteiger partial charge in [-0.3, -0.25) is 4.68 Å². The molecule has 1 unspecified atom stereocenters. The summed E-state index contributed by atoms with van der Waals surface area (Å²) >= 11 is 0. The molecule has 5 heteroatoms. The summed E-state index contributed by atoms with van der Waals surface area (Å²) in [6.07, 6.45) is 2.29. The molecule has 0 radical (unpaired) electrons. The molecule has 1 aromatic rings. The van der Waals surface area contributed by atoms with E-state index in [2.05, 4.69) is 10.4 Å². The van der Waals surface area contributed by atoms with E-state index in [1.165, 1.54) is 0 Å². The normalized spacial score (nSPS) is 12.5. The Hall–Kier alpha value is -1.52. The maximum Gasteiger partial charge on any atom is 0.326 e. The number of nitrogens with zero attached hydrogens (tertiary/aromatic N) is 2. The third-order valence-corrected chi connectivity index (χ3v) is 1.74. The first-order valence-corrected chi connectivity index (χ1v) is 4.12. The van der Waals surface area contributed by atoms with E-state index < -0.39 is 12.0 Å². The van der Waals surface area contributed by atoms with Gasteiger partial charge in [0.2, 0.25) is 0 Å². The SMILES string of the molecule is CCC(Nc1ccn(C)n1)C(=O)O. The molecule has 72 valence electrons. The number of hydrogen-bond donors (Lipinski definition) is 2. The quantitative estimate of drug-likeness (QED) is 0.720. The predicted molar refractivity (Wildman–Crippen MR) is 48.5 cm³/mol. The van der Waals surface area contributed by atoms with Crippen LogP contribution in [0.15, 0.2) is 12.3 Å². The molecule has 0 aliphatic heterocycles. The van der Waals surface area contributed by atoms with E-state index in [1.54, 1.807) is 24.0 Å². The van der Waals surface area contributed by atoms with E-state index in [9.17, 15) is 4.79 Å². The summed E-state index contributed by atoms with van der Waals surface area (Å²) in [5, 5.41) is 15.6. The van der Waals surface area contributed by atoms with Crippen molar-refractivity contribution in [1.82, 2.24) is 9.78 Å². The van der Waals surface area contributed by atoms with Crippen LogP contribution >= 0.6 is 0 Å². The smallest absolute Gasteiger partial charge is 0.326 e. The largest absolute Gasteiger partial charge is 0.480 e. The molecule has 0 aromatic carbocycles. The Labute approximate surface area is 76.4 Å². The van der Waals surface area contributed by atoms with Crippen molar-refractivity contribution in [3.63, 3.8) is 0 Å². The van der Waals surface area contributed by atoms with Gasteiger partial charge in [-0.1, -0.05) is 6.92 Å². The second-order valence-corrected chi connectivity index (χ2v) is 2.82. The van der Waals surface area contributed by atoms with Gasteiger partial charge < -0.3 is 10.4 Å². The summed E-state index contributed by atoms with van der Waals surface area (Å²) in [6.45, 7) is 1.81. The Morgan fingerprint density at radius 3 is 2.92 bits per heavy atom. The molecular weight excluding hydrogens is 170 g/mol. The van der Waals surface area contributed by atoms with Crippen LogP contribution < -0.4 is 5.32 Å². The van der Waals surface area contributed by atoms with Crippen LogP contribution in [0.25, 0.3) is 0 Å². The fourth-order valence-corrected chi connectivity index (χ4v) is 1.01. The summed E-state index contributed by atoms with van der Waals surface area (Å²) in [5.74, 6) is -0.259. The molecule has 0 amide bonds. The van der Waals surface area contributed by atoms with Crippen molar-refractivity contribution in [2.75, 3.05) is 5.32 Å². The Balaban J connectivity index is 2.61. The maximum atomic E-state index is 10.6. The van der Waals surface area contributed by atoms with Crippen LogP contribution in [-0.2, 0) is 11.8 Å². The highest BCUT2D eigenvalue weighted by Gasteiger charge is 2.14. The molecule has 0 fully saturated rings. The van der Waals surface area contributed by atoms with Crippen molar-refractivity contribution in [2.24, 2.45) is 7.05 Å². The molecule has 2 N–H and O–H groups in total. The van der Waals surface area contributed by atoms with Crippen molar-refractivity contribution in [3.8, 4) is 0 Å². The molecule has 1 heterocycles. The lowest BCUT2D eigenvalue weighted by molar-refractivity contribution is -0.137. The molecule has 0 saturated heterocycles. The van der Waals surface area contributed by atoms with E-state index in [1.807, 2.05) is 6.92 Å². The number of rotatable bonds is 4. The minimum atomic E-state index is -0.854. The summed E-state index contributed by atoms with van der Waals surface area (Å²) in [7, 11) is 1.78. The van der Waals surface area contributed by atoms with Crippen LogP contribution in [0.2, 0.25) is 0 Å². The number of carbonyl (C=O) groups is 1. The Morgan fingerprint density at radius 1 is 1.85 bits per heavy atom. The fraction of sp³-hybridized carbons (Fsp3) is 0.500. The monoisotopic (exact) mass is 183 g/mol. The topological polar surface area (TPSA) is 67.2 Å². The molecule has 1 atom stereocenters. The Bertz CT molecular complexity index is 295. The third kappa shape index (κ3) is 2.47. The van der Waals surface area contributed by atoms with Gasteiger partial charge in [-0.05, 0) is 6.42 Å². The lowest BCUT2D eigenvalue weighted by Gasteiger charge is -2.10. The van der Waals surface area contributed by atoms with Crippen LogP contribution in [0.3, 0.4) is 0 Å². The number of nitrogens with one attached hydrogen (secondary N) is 1. The lowest BCUT2D eigenvalue weighted by Crippen LogP contribution is -2.28. The highest BCUT2D eigenvalue weighted by molar-refractivity contribution is 5.76. The highest BCUT2D eigenvalue weighted by Crippen LogP contribution is 2.05. The molecule has 0 aliphatic rings. The molecule has 0 aliphatic carbocycles. The molecule has 1 aromatic heterocycles. The second kappa shape index (κ2) is 3.93. The summed E-state index contributed by atoms with van der Waals surface area (Å²) in [4.78, 5) is 10.6. The van der Waals surface area contributed by atoms with Gasteiger partial charge in [-0.25, -0.2) is 4.79 Å². The molecule has 0 bridgehead atoms. The van der Waals surface area contributed by atoms with E-state index in [0.29, 0.717) is 12.2 Å². The Kier molecular flexibility index (Phi) is 2.89. The van der Waals surface area contributed by atoms with E-state index >= 15 is 0 Å². The first kappa shape index (κ1) is 9.57. The van der Waals surface area contributed by atoms with Crippen molar-refractivity contribution < 1.29 is 9.90 Å². The number of aryl methyl sites for hydroxylation is 1. The Morgan fingerprint density at radius 2 is 2.54 bits per heavy atom. The first-order valence-electron chi connectivity index (χ1n) is 4.12. The van der Waals surface area contributed by atoms with E-state index in [0.717, 1.165) is 0 Å². The highest BCUT2D eigenvalue weighted by atomic mass is 16.4. The summed E-state index contributed by atoms with van der Waals surface area (Å²) in [5.41, 5.74) is 0. The minimum absolute atomic E-state index is 0.534. The molecule has 5 nitrogen and oxygen atoms in total. The van der Waals surface area contributed by atoms with Crippen LogP contribution in [0.1, 0.15) is 13.3 Å². The van der Waals surface area contributed by atoms with Gasteiger partial charge in [-0.15, -0.1) is 0 Å². The second-order valence-electron chi connectivity index (χ2n) is 2.82. The number of anilines is 1. The van der Waals surface area contributed by atoms with Gasteiger partial charge in [0.25, 0.3) is 0 Å². The van der Waals surface area contributed by atoms with Gasteiger partial charge in [0.1, 0.15) is 11.9 Å².